The van der Waals surface area contributed by atoms with Gasteiger partial charge in [-0.05, 0) is 30.7 Å². The summed E-state index contributed by atoms with van der Waals surface area (Å²) in [6, 6.07) is 3.28. The third kappa shape index (κ3) is 3.52. The molecule has 0 spiro atoms. The maximum absolute atomic E-state index is 9.87. The molecule has 0 aliphatic carbocycles. The van der Waals surface area contributed by atoms with E-state index in [1.807, 2.05) is 0 Å². The van der Waals surface area contributed by atoms with E-state index in [0.29, 0.717) is 27.8 Å². The van der Waals surface area contributed by atoms with Crippen LogP contribution in [0.4, 0.5) is 5.69 Å². The van der Waals surface area contributed by atoms with Crippen molar-refractivity contribution < 1.29 is 5.11 Å². The highest BCUT2D eigenvalue weighted by molar-refractivity contribution is 6.38. The summed E-state index contributed by atoms with van der Waals surface area (Å²) in [4.78, 5) is 0. The lowest BCUT2D eigenvalue weighted by molar-refractivity contribution is 0.175. The van der Waals surface area contributed by atoms with Gasteiger partial charge in [0.2, 0.25) is 0 Å². The predicted octanol–water partition coefficient (Wildman–Crippen LogP) is 2.61. The summed E-state index contributed by atoms with van der Waals surface area (Å²) in [5.74, 6) is 0. The Morgan fingerprint density at radius 1 is 1.38 bits per heavy atom. The van der Waals surface area contributed by atoms with Crippen LogP contribution in [0.25, 0.3) is 0 Å². The normalized spacial score (nSPS) is 12.8. The highest BCUT2D eigenvalue weighted by Crippen LogP contribution is 2.30. The molecule has 0 aliphatic heterocycles. The molecule has 1 aromatic rings. The topological polar surface area (TPSA) is 58.3 Å². The molecule has 1 atom stereocenters. The Morgan fingerprint density at radius 3 is 2.44 bits per heavy atom. The van der Waals surface area contributed by atoms with E-state index in [4.69, 9.17) is 28.9 Å². The predicted molar refractivity (Wildman–Crippen MR) is 69.0 cm³/mol. The number of hydrogen-bond donors (Lipinski definition) is 3. The first kappa shape index (κ1) is 13.6. The number of nitrogens with two attached hydrogens (primary N) is 1. The lowest BCUT2D eigenvalue weighted by Crippen LogP contribution is -2.22. The fraction of sp³-hybridized carbons (Fsp3) is 0.455. The van der Waals surface area contributed by atoms with Crippen molar-refractivity contribution in [1.82, 2.24) is 5.32 Å². The molecule has 4 N–H and O–H groups in total. The summed E-state index contributed by atoms with van der Waals surface area (Å²) in [5.41, 5.74) is 6.63. The molecular formula is C11H16Cl2N2O. The third-order valence-corrected chi connectivity index (χ3v) is 2.88. The number of halogens is 2. The van der Waals surface area contributed by atoms with Crippen molar-refractivity contribution in [3.63, 3.8) is 0 Å². The number of anilines is 1. The lowest BCUT2D eigenvalue weighted by atomic mass is 10.1. The molecule has 0 radical (unpaired) electrons. The number of aliphatic hydroxyl groups is 1. The number of nitrogen functional groups attached to an aromatic ring is 1. The van der Waals surface area contributed by atoms with Gasteiger partial charge in [0.05, 0.1) is 21.8 Å². The maximum Gasteiger partial charge on any atom is 0.0915 e. The van der Waals surface area contributed by atoms with Crippen molar-refractivity contribution in [3.05, 3.63) is 27.7 Å². The lowest BCUT2D eigenvalue weighted by Gasteiger charge is -2.13. The molecule has 16 heavy (non-hydrogen) atoms. The van der Waals surface area contributed by atoms with E-state index >= 15 is 0 Å². The molecular weight excluding hydrogens is 247 g/mol. The largest absolute Gasteiger partial charge is 0.396 e. The van der Waals surface area contributed by atoms with Gasteiger partial charge in [-0.2, -0.15) is 0 Å². The Hall–Kier alpha value is -0.480. The van der Waals surface area contributed by atoms with Crippen LogP contribution in [-0.4, -0.2) is 18.2 Å². The summed E-state index contributed by atoms with van der Waals surface area (Å²) in [7, 11) is 0. The van der Waals surface area contributed by atoms with E-state index in [2.05, 4.69) is 12.2 Å². The van der Waals surface area contributed by atoms with Gasteiger partial charge in [-0.1, -0.05) is 30.1 Å². The van der Waals surface area contributed by atoms with Crippen molar-refractivity contribution >= 4 is 28.9 Å². The van der Waals surface area contributed by atoms with Gasteiger partial charge in [-0.25, -0.2) is 0 Å². The molecule has 0 aromatic heterocycles. The Balaban J connectivity index is 2.72. The maximum atomic E-state index is 9.87. The fourth-order valence-electron chi connectivity index (χ4n) is 1.33. The number of nitrogens with one attached hydrogen (secondary N) is 1. The van der Waals surface area contributed by atoms with Gasteiger partial charge >= 0.3 is 0 Å². The third-order valence-electron chi connectivity index (χ3n) is 2.25. The zero-order chi connectivity index (χ0) is 12.1. The zero-order valence-electron chi connectivity index (χ0n) is 9.13. The molecule has 1 aromatic carbocycles. The molecule has 1 unspecified atom stereocenters. The summed E-state index contributed by atoms with van der Waals surface area (Å²) < 4.78 is 0. The van der Waals surface area contributed by atoms with Crippen molar-refractivity contribution in [1.29, 1.82) is 0 Å². The second-order valence-electron chi connectivity index (χ2n) is 3.62. The monoisotopic (exact) mass is 262 g/mol. The highest BCUT2D eigenvalue weighted by atomic mass is 35.5. The first-order chi connectivity index (χ1) is 7.56. The van der Waals surface area contributed by atoms with Crippen LogP contribution in [0.2, 0.25) is 10.0 Å². The van der Waals surface area contributed by atoms with Gasteiger partial charge in [-0.3, -0.25) is 0 Å². The Kier molecular flexibility index (Phi) is 5.35. The van der Waals surface area contributed by atoms with Gasteiger partial charge in [0.25, 0.3) is 0 Å². The molecule has 0 saturated heterocycles. The average Bonchev–Trinajstić information content (AvgIpc) is 2.25. The molecule has 0 fully saturated rings. The van der Waals surface area contributed by atoms with Crippen molar-refractivity contribution in [2.45, 2.75) is 19.4 Å². The van der Waals surface area contributed by atoms with E-state index in [9.17, 15) is 5.11 Å². The van der Waals surface area contributed by atoms with Gasteiger partial charge in [-0.15, -0.1) is 0 Å². The quantitative estimate of drug-likeness (QED) is 0.565. The van der Waals surface area contributed by atoms with E-state index < -0.39 is 6.10 Å². The molecule has 3 nitrogen and oxygen atoms in total. The molecule has 0 saturated carbocycles. The molecule has 0 aliphatic rings. The number of benzene rings is 1. The highest BCUT2D eigenvalue weighted by Gasteiger charge is 2.11. The van der Waals surface area contributed by atoms with Gasteiger partial charge in [0.15, 0.2) is 0 Å². The van der Waals surface area contributed by atoms with E-state index in [1.54, 1.807) is 12.1 Å². The Labute approximate surface area is 106 Å². The smallest absolute Gasteiger partial charge is 0.0915 e. The number of hydrogen-bond acceptors (Lipinski definition) is 3. The van der Waals surface area contributed by atoms with E-state index in [1.165, 1.54) is 0 Å². The second-order valence-corrected chi connectivity index (χ2v) is 4.43. The van der Waals surface area contributed by atoms with Gasteiger partial charge < -0.3 is 16.2 Å². The van der Waals surface area contributed by atoms with Crippen LogP contribution in [-0.2, 0) is 0 Å². The van der Waals surface area contributed by atoms with Crippen LogP contribution >= 0.6 is 23.2 Å². The van der Waals surface area contributed by atoms with Crippen molar-refractivity contribution in [2.75, 3.05) is 18.8 Å². The average molecular weight is 263 g/mol. The number of aliphatic hydroxyl groups excluding tert-OH is 1. The summed E-state index contributed by atoms with van der Waals surface area (Å²) in [6.07, 6.45) is 0.401. The summed E-state index contributed by atoms with van der Waals surface area (Å²) in [6.45, 7) is 3.41. The van der Waals surface area contributed by atoms with Crippen molar-refractivity contribution in [3.8, 4) is 0 Å². The Bertz CT molecular complexity index is 335. The minimum Gasteiger partial charge on any atom is -0.396 e. The fourth-order valence-corrected chi connectivity index (χ4v) is 1.83. The molecule has 0 amide bonds. The van der Waals surface area contributed by atoms with Gasteiger partial charge in [0, 0.05) is 6.54 Å². The first-order valence-corrected chi connectivity index (χ1v) is 5.95. The van der Waals surface area contributed by atoms with Crippen LogP contribution < -0.4 is 11.1 Å². The van der Waals surface area contributed by atoms with E-state index in [0.717, 1.165) is 13.0 Å². The van der Waals surface area contributed by atoms with E-state index in [-0.39, 0.29) is 0 Å². The molecule has 90 valence electrons. The minimum absolute atomic E-state index is 0.348. The minimum atomic E-state index is -0.623. The summed E-state index contributed by atoms with van der Waals surface area (Å²) >= 11 is 11.8. The zero-order valence-corrected chi connectivity index (χ0v) is 10.6. The molecule has 0 heterocycles. The Morgan fingerprint density at radius 2 is 1.94 bits per heavy atom. The summed E-state index contributed by atoms with van der Waals surface area (Å²) in [5, 5.41) is 13.7. The van der Waals surface area contributed by atoms with Gasteiger partial charge in [0.1, 0.15) is 0 Å². The van der Waals surface area contributed by atoms with Crippen LogP contribution in [0.5, 0.6) is 0 Å². The number of rotatable bonds is 5. The molecule has 0 bridgehead atoms. The SMILES string of the molecule is CCCNCC(O)c1cc(Cl)c(N)c(Cl)c1. The van der Waals surface area contributed by atoms with Crippen LogP contribution in [0.3, 0.4) is 0 Å². The first-order valence-electron chi connectivity index (χ1n) is 5.19. The molecule has 1 rings (SSSR count). The van der Waals surface area contributed by atoms with Crippen LogP contribution in [0.1, 0.15) is 25.0 Å². The van der Waals surface area contributed by atoms with Crippen LogP contribution in [0, 0.1) is 0 Å². The second kappa shape index (κ2) is 6.30. The van der Waals surface area contributed by atoms with Crippen molar-refractivity contribution in [2.24, 2.45) is 0 Å². The standard InChI is InChI=1S/C11H16Cl2N2O/c1-2-3-15-6-10(16)7-4-8(12)11(14)9(13)5-7/h4-5,10,15-16H,2-3,6,14H2,1H3. The van der Waals surface area contributed by atoms with Crippen LogP contribution in [0.15, 0.2) is 12.1 Å². The molecule has 5 heteroatoms.